The molecule has 3 aliphatic rings. The summed E-state index contributed by atoms with van der Waals surface area (Å²) in [5, 5.41) is 3.44. The molecule has 18 heavy (non-hydrogen) atoms. The van der Waals surface area contributed by atoms with Crippen LogP contribution in [0.15, 0.2) is 35.9 Å². The SMILES string of the molecule is C1=C2CNCC12c1ccc(N2CCOCC2)cc1. The van der Waals surface area contributed by atoms with Crippen LogP contribution in [0.3, 0.4) is 0 Å². The first-order valence-electron chi connectivity index (χ1n) is 6.75. The van der Waals surface area contributed by atoms with Crippen LogP contribution >= 0.6 is 0 Å². The number of morpholine rings is 1. The van der Waals surface area contributed by atoms with Gasteiger partial charge in [-0.2, -0.15) is 0 Å². The molecule has 3 heteroatoms. The predicted molar refractivity (Wildman–Crippen MR) is 72.1 cm³/mol. The topological polar surface area (TPSA) is 24.5 Å². The monoisotopic (exact) mass is 242 g/mol. The second-order valence-electron chi connectivity index (χ2n) is 5.39. The van der Waals surface area contributed by atoms with Gasteiger partial charge in [0.1, 0.15) is 0 Å². The van der Waals surface area contributed by atoms with Crippen LogP contribution in [0, 0.1) is 0 Å². The molecule has 0 amide bonds. The first-order chi connectivity index (χ1) is 8.88. The van der Waals surface area contributed by atoms with Crippen LogP contribution in [0.1, 0.15) is 5.56 Å². The number of hydrogen-bond donors (Lipinski definition) is 1. The molecule has 2 heterocycles. The van der Waals surface area contributed by atoms with Gasteiger partial charge in [0, 0.05) is 37.3 Å². The molecule has 0 aromatic heterocycles. The molecular weight excluding hydrogens is 224 g/mol. The summed E-state index contributed by atoms with van der Waals surface area (Å²) in [4.78, 5) is 2.40. The summed E-state index contributed by atoms with van der Waals surface area (Å²) in [5.74, 6) is 0. The Morgan fingerprint density at radius 3 is 2.50 bits per heavy atom. The maximum Gasteiger partial charge on any atom is 0.0642 e. The van der Waals surface area contributed by atoms with Crippen molar-refractivity contribution in [1.29, 1.82) is 0 Å². The van der Waals surface area contributed by atoms with Gasteiger partial charge >= 0.3 is 0 Å². The summed E-state index contributed by atoms with van der Waals surface area (Å²) in [5.41, 5.74) is 4.62. The molecule has 1 atom stereocenters. The molecule has 4 rings (SSSR count). The zero-order valence-electron chi connectivity index (χ0n) is 10.5. The molecule has 1 aliphatic carbocycles. The van der Waals surface area contributed by atoms with Gasteiger partial charge in [-0.1, -0.05) is 18.2 Å². The molecule has 0 spiro atoms. The van der Waals surface area contributed by atoms with Crippen molar-refractivity contribution < 1.29 is 4.74 Å². The molecule has 0 saturated carbocycles. The number of nitrogens with zero attached hydrogens (tertiary/aromatic N) is 1. The van der Waals surface area contributed by atoms with Gasteiger partial charge in [-0.25, -0.2) is 0 Å². The number of anilines is 1. The highest BCUT2D eigenvalue weighted by molar-refractivity contribution is 5.61. The summed E-state index contributed by atoms with van der Waals surface area (Å²) < 4.78 is 5.39. The van der Waals surface area contributed by atoms with Crippen molar-refractivity contribution in [2.45, 2.75) is 5.41 Å². The van der Waals surface area contributed by atoms with Gasteiger partial charge in [-0.05, 0) is 23.3 Å². The van der Waals surface area contributed by atoms with E-state index >= 15 is 0 Å². The molecule has 2 fully saturated rings. The Kier molecular flexibility index (Phi) is 2.26. The largest absolute Gasteiger partial charge is 0.378 e. The third kappa shape index (κ3) is 1.51. The number of rotatable bonds is 2. The summed E-state index contributed by atoms with van der Waals surface area (Å²) in [6, 6.07) is 9.11. The third-order valence-corrected chi connectivity index (χ3v) is 4.39. The molecule has 0 radical (unpaired) electrons. The minimum absolute atomic E-state index is 0.281. The second-order valence-corrected chi connectivity index (χ2v) is 5.39. The van der Waals surface area contributed by atoms with Crippen molar-refractivity contribution in [3.05, 3.63) is 41.5 Å². The van der Waals surface area contributed by atoms with E-state index in [9.17, 15) is 0 Å². The number of ether oxygens (including phenoxy) is 1. The molecular formula is C15H18N2O. The van der Waals surface area contributed by atoms with E-state index in [-0.39, 0.29) is 5.41 Å². The Hall–Kier alpha value is -1.32. The van der Waals surface area contributed by atoms with Gasteiger partial charge in [-0.3, -0.25) is 0 Å². The smallest absolute Gasteiger partial charge is 0.0642 e. The molecule has 1 aromatic rings. The number of benzene rings is 1. The van der Waals surface area contributed by atoms with Crippen LogP contribution in [-0.4, -0.2) is 39.4 Å². The Morgan fingerprint density at radius 1 is 1.11 bits per heavy atom. The van der Waals surface area contributed by atoms with E-state index in [1.165, 1.54) is 11.3 Å². The van der Waals surface area contributed by atoms with Crippen molar-refractivity contribution in [1.82, 2.24) is 5.32 Å². The maximum absolute atomic E-state index is 5.39. The van der Waals surface area contributed by atoms with E-state index in [2.05, 4.69) is 40.6 Å². The first-order valence-corrected chi connectivity index (χ1v) is 6.75. The highest BCUT2D eigenvalue weighted by atomic mass is 16.5. The molecule has 94 valence electrons. The Balaban J connectivity index is 1.55. The summed E-state index contributed by atoms with van der Waals surface area (Å²) in [7, 11) is 0. The highest BCUT2D eigenvalue weighted by Crippen LogP contribution is 2.49. The van der Waals surface area contributed by atoms with Crippen LogP contribution in [0.5, 0.6) is 0 Å². The van der Waals surface area contributed by atoms with Crippen LogP contribution in [-0.2, 0) is 10.2 Å². The van der Waals surface area contributed by atoms with Gasteiger partial charge in [0.05, 0.1) is 13.2 Å². The lowest BCUT2D eigenvalue weighted by Gasteiger charge is -2.29. The average molecular weight is 242 g/mol. The van der Waals surface area contributed by atoms with Crippen LogP contribution in [0.2, 0.25) is 0 Å². The zero-order valence-corrected chi connectivity index (χ0v) is 10.5. The minimum Gasteiger partial charge on any atom is -0.378 e. The summed E-state index contributed by atoms with van der Waals surface area (Å²) in [6.07, 6.45) is 2.41. The summed E-state index contributed by atoms with van der Waals surface area (Å²) in [6.45, 7) is 5.87. The first kappa shape index (κ1) is 10.6. The quantitative estimate of drug-likeness (QED) is 0.791. The lowest BCUT2D eigenvalue weighted by Crippen LogP contribution is -2.36. The molecule has 1 unspecified atom stereocenters. The van der Waals surface area contributed by atoms with E-state index in [4.69, 9.17) is 4.74 Å². The minimum atomic E-state index is 0.281. The van der Waals surface area contributed by atoms with E-state index in [1.807, 2.05) is 0 Å². The number of nitrogens with one attached hydrogen (secondary N) is 1. The lowest BCUT2D eigenvalue weighted by atomic mass is 9.92. The van der Waals surface area contributed by atoms with Crippen LogP contribution < -0.4 is 10.2 Å². The zero-order chi connectivity index (χ0) is 12.0. The van der Waals surface area contributed by atoms with Crippen LogP contribution in [0.25, 0.3) is 0 Å². The van der Waals surface area contributed by atoms with E-state index in [0.717, 1.165) is 39.4 Å². The van der Waals surface area contributed by atoms with E-state index in [0.29, 0.717) is 0 Å². The van der Waals surface area contributed by atoms with Crippen molar-refractivity contribution in [3.8, 4) is 0 Å². The number of hydrogen-bond acceptors (Lipinski definition) is 3. The van der Waals surface area contributed by atoms with Crippen molar-refractivity contribution in [3.63, 3.8) is 0 Å². The van der Waals surface area contributed by atoms with Crippen molar-refractivity contribution in [2.75, 3.05) is 44.3 Å². The predicted octanol–water partition coefficient (Wildman–Crippen LogP) is 1.30. The fourth-order valence-electron chi connectivity index (χ4n) is 3.19. The Morgan fingerprint density at radius 2 is 1.89 bits per heavy atom. The molecule has 2 saturated heterocycles. The van der Waals surface area contributed by atoms with Gasteiger partial charge in [0.15, 0.2) is 0 Å². The maximum atomic E-state index is 5.39. The fraction of sp³-hybridized carbons (Fsp3) is 0.467. The summed E-state index contributed by atoms with van der Waals surface area (Å²) >= 11 is 0. The van der Waals surface area contributed by atoms with Gasteiger partial charge in [0.25, 0.3) is 0 Å². The van der Waals surface area contributed by atoms with Crippen molar-refractivity contribution >= 4 is 5.69 Å². The van der Waals surface area contributed by atoms with Gasteiger partial charge in [-0.15, -0.1) is 0 Å². The molecule has 2 aliphatic heterocycles. The normalized spacial score (nSPS) is 30.0. The average Bonchev–Trinajstić information content (AvgIpc) is 3.02. The fourth-order valence-corrected chi connectivity index (χ4v) is 3.19. The van der Waals surface area contributed by atoms with E-state index in [1.54, 1.807) is 5.57 Å². The Labute approximate surface area is 107 Å². The van der Waals surface area contributed by atoms with Gasteiger partial charge < -0.3 is 15.0 Å². The molecule has 0 bridgehead atoms. The van der Waals surface area contributed by atoms with Gasteiger partial charge in [0.2, 0.25) is 0 Å². The van der Waals surface area contributed by atoms with Crippen LogP contribution in [0.4, 0.5) is 5.69 Å². The molecule has 3 nitrogen and oxygen atoms in total. The number of fused-ring (bicyclic) bond motifs is 1. The lowest BCUT2D eigenvalue weighted by molar-refractivity contribution is 0.122. The Bertz CT molecular complexity index is 488. The standard InChI is InChI=1S/C15H18N2O/c1-3-14(17-5-7-18-8-6-17)4-2-12(1)15-9-13(15)10-16-11-15/h1-4,9,16H,5-8,10-11H2. The second kappa shape index (κ2) is 3.84. The molecule has 1 N–H and O–H groups in total. The molecule has 1 aromatic carbocycles. The third-order valence-electron chi connectivity index (χ3n) is 4.39. The highest BCUT2D eigenvalue weighted by Gasteiger charge is 2.48. The van der Waals surface area contributed by atoms with E-state index < -0.39 is 0 Å². The van der Waals surface area contributed by atoms with Crippen molar-refractivity contribution in [2.24, 2.45) is 0 Å².